The lowest BCUT2D eigenvalue weighted by molar-refractivity contribution is 0.302. The summed E-state index contributed by atoms with van der Waals surface area (Å²) in [6.45, 7) is 4.18. The van der Waals surface area contributed by atoms with Gasteiger partial charge in [-0.3, -0.25) is 0 Å². The van der Waals surface area contributed by atoms with E-state index in [0.29, 0.717) is 12.4 Å². The first-order valence-corrected chi connectivity index (χ1v) is 6.00. The van der Waals surface area contributed by atoms with Crippen molar-refractivity contribution in [2.24, 2.45) is 5.73 Å². The van der Waals surface area contributed by atoms with Crippen LogP contribution in [-0.4, -0.2) is 30.0 Å². The molecule has 4 heteroatoms. The van der Waals surface area contributed by atoms with Gasteiger partial charge < -0.3 is 20.7 Å². The Bertz CT molecular complexity index is 404. The highest BCUT2D eigenvalue weighted by atomic mass is 16.5. The van der Waals surface area contributed by atoms with Crippen LogP contribution in [0.2, 0.25) is 0 Å². The van der Waals surface area contributed by atoms with E-state index in [-0.39, 0.29) is 11.8 Å². The lowest BCUT2D eigenvalue weighted by Crippen LogP contribution is -2.19. The Labute approximate surface area is 108 Å². The van der Waals surface area contributed by atoms with Crippen LogP contribution >= 0.6 is 0 Å². The Hall–Kier alpha value is -1.52. The summed E-state index contributed by atoms with van der Waals surface area (Å²) in [6.07, 6.45) is 4.22. The largest absolute Gasteiger partial charge is 0.504 e. The standard InChI is InChI=1S/C13H17NO2.CH4O/c1-2-3-6-16-13-11-8-10(14)7-9(11)4-5-12(13)15;1-2/h2,4-5,10,15H,1,3,6-8,14H2;2H,1H3. The van der Waals surface area contributed by atoms with Gasteiger partial charge in [-0.25, -0.2) is 0 Å². The van der Waals surface area contributed by atoms with E-state index >= 15 is 0 Å². The van der Waals surface area contributed by atoms with Gasteiger partial charge in [0.2, 0.25) is 0 Å². The third kappa shape index (κ3) is 3.24. The summed E-state index contributed by atoms with van der Waals surface area (Å²) in [5.41, 5.74) is 8.17. The Morgan fingerprint density at radius 1 is 1.44 bits per heavy atom. The van der Waals surface area contributed by atoms with Crippen LogP contribution in [0.1, 0.15) is 17.5 Å². The Balaban J connectivity index is 0.000000771. The number of ether oxygens (including phenoxy) is 1. The summed E-state index contributed by atoms with van der Waals surface area (Å²) in [7, 11) is 1.00. The maximum absolute atomic E-state index is 9.77. The van der Waals surface area contributed by atoms with Crippen molar-refractivity contribution in [1.29, 1.82) is 0 Å². The fourth-order valence-electron chi connectivity index (χ4n) is 2.09. The second-order valence-electron chi connectivity index (χ2n) is 4.15. The molecule has 100 valence electrons. The molecule has 0 spiro atoms. The highest BCUT2D eigenvalue weighted by Gasteiger charge is 2.23. The number of aliphatic hydroxyl groups is 1. The normalized spacial score (nSPS) is 16.5. The van der Waals surface area contributed by atoms with Crippen molar-refractivity contribution in [2.45, 2.75) is 25.3 Å². The molecule has 0 aromatic heterocycles. The molecule has 2 rings (SSSR count). The molecule has 1 aliphatic rings. The number of fused-ring (bicyclic) bond motifs is 1. The second kappa shape index (κ2) is 7.03. The molecule has 0 amide bonds. The van der Waals surface area contributed by atoms with Crippen LogP contribution in [0.4, 0.5) is 0 Å². The Kier molecular flexibility index (Phi) is 5.68. The molecule has 1 aromatic rings. The lowest BCUT2D eigenvalue weighted by Gasteiger charge is -2.11. The molecule has 4 nitrogen and oxygen atoms in total. The molecule has 18 heavy (non-hydrogen) atoms. The first kappa shape index (κ1) is 14.5. The predicted octanol–water partition coefficient (Wildman–Crippen LogP) is 1.38. The van der Waals surface area contributed by atoms with Gasteiger partial charge in [0, 0.05) is 18.7 Å². The molecule has 4 N–H and O–H groups in total. The number of nitrogens with two attached hydrogens (primary N) is 1. The van der Waals surface area contributed by atoms with Crippen LogP contribution in [0.25, 0.3) is 0 Å². The summed E-state index contributed by atoms with van der Waals surface area (Å²) < 4.78 is 5.59. The van der Waals surface area contributed by atoms with Crippen LogP contribution < -0.4 is 10.5 Å². The van der Waals surface area contributed by atoms with Crippen LogP contribution in [0, 0.1) is 0 Å². The summed E-state index contributed by atoms with van der Waals surface area (Å²) in [6, 6.07) is 3.76. The molecular formula is C14H21NO3. The number of phenols is 1. The van der Waals surface area contributed by atoms with Crippen LogP contribution in [0.5, 0.6) is 11.5 Å². The predicted molar refractivity (Wildman–Crippen MR) is 71.9 cm³/mol. The molecule has 0 saturated carbocycles. The van der Waals surface area contributed by atoms with Gasteiger partial charge in [-0.15, -0.1) is 6.58 Å². The first-order valence-electron chi connectivity index (χ1n) is 6.00. The first-order chi connectivity index (χ1) is 8.72. The molecule has 0 saturated heterocycles. The van der Waals surface area contributed by atoms with Crippen LogP contribution in [0.3, 0.4) is 0 Å². The van der Waals surface area contributed by atoms with Gasteiger partial charge in [-0.1, -0.05) is 12.1 Å². The van der Waals surface area contributed by atoms with Crippen LogP contribution in [0.15, 0.2) is 24.8 Å². The van der Waals surface area contributed by atoms with Crippen molar-refractivity contribution in [3.05, 3.63) is 35.9 Å². The molecule has 1 unspecified atom stereocenters. The third-order valence-electron chi connectivity index (χ3n) is 2.85. The summed E-state index contributed by atoms with van der Waals surface area (Å²) in [4.78, 5) is 0. The van der Waals surface area contributed by atoms with Crippen molar-refractivity contribution in [2.75, 3.05) is 13.7 Å². The molecule has 0 fully saturated rings. The molecule has 0 radical (unpaired) electrons. The van der Waals surface area contributed by atoms with Crippen molar-refractivity contribution >= 4 is 0 Å². The van der Waals surface area contributed by atoms with Crippen LogP contribution in [-0.2, 0) is 12.8 Å². The smallest absolute Gasteiger partial charge is 0.164 e. The average Bonchev–Trinajstić information content (AvgIpc) is 2.75. The SMILES string of the molecule is C=CCCOc1c(O)ccc2c1CC(N)C2.CO. The molecule has 0 heterocycles. The molecular weight excluding hydrogens is 230 g/mol. The number of hydrogen-bond acceptors (Lipinski definition) is 4. The second-order valence-corrected chi connectivity index (χ2v) is 4.15. The number of aliphatic hydroxyl groups excluding tert-OH is 1. The number of hydrogen-bond donors (Lipinski definition) is 3. The molecule has 1 atom stereocenters. The minimum atomic E-state index is 0.151. The van der Waals surface area contributed by atoms with Gasteiger partial charge in [0.05, 0.1) is 6.61 Å². The average molecular weight is 251 g/mol. The quantitative estimate of drug-likeness (QED) is 0.558. The van der Waals surface area contributed by atoms with E-state index in [1.807, 2.05) is 6.07 Å². The van der Waals surface area contributed by atoms with E-state index in [1.54, 1.807) is 12.1 Å². The fourth-order valence-corrected chi connectivity index (χ4v) is 2.09. The van der Waals surface area contributed by atoms with Gasteiger partial charge in [-0.05, 0) is 30.9 Å². The fraction of sp³-hybridized carbons (Fsp3) is 0.429. The van der Waals surface area contributed by atoms with Gasteiger partial charge in [0.15, 0.2) is 11.5 Å². The van der Waals surface area contributed by atoms with Gasteiger partial charge in [0.1, 0.15) is 0 Å². The minimum Gasteiger partial charge on any atom is -0.504 e. The lowest BCUT2D eigenvalue weighted by atomic mass is 10.1. The number of phenolic OH excluding ortho intramolecular Hbond substituents is 1. The summed E-state index contributed by atoms with van der Waals surface area (Å²) in [5.74, 6) is 0.809. The van der Waals surface area contributed by atoms with Crippen molar-refractivity contribution < 1.29 is 14.9 Å². The van der Waals surface area contributed by atoms with E-state index in [9.17, 15) is 5.11 Å². The maximum Gasteiger partial charge on any atom is 0.164 e. The van der Waals surface area contributed by atoms with E-state index in [4.69, 9.17) is 15.6 Å². The van der Waals surface area contributed by atoms with Gasteiger partial charge >= 0.3 is 0 Å². The monoisotopic (exact) mass is 251 g/mol. The zero-order chi connectivity index (χ0) is 13.5. The highest BCUT2D eigenvalue weighted by Crippen LogP contribution is 2.37. The molecule has 1 aliphatic carbocycles. The molecule has 1 aromatic carbocycles. The molecule has 0 bridgehead atoms. The third-order valence-corrected chi connectivity index (χ3v) is 2.85. The van der Waals surface area contributed by atoms with Crippen molar-refractivity contribution in [1.82, 2.24) is 0 Å². The zero-order valence-electron chi connectivity index (χ0n) is 10.7. The minimum absolute atomic E-state index is 0.151. The summed E-state index contributed by atoms with van der Waals surface area (Å²) in [5, 5.41) is 16.8. The van der Waals surface area contributed by atoms with Crippen molar-refractivity contribution in [3.63, 3.8) is 0 Å². The van der Waals surface area contributed by atoms with E-state index < -0.39 is 0 Å². The Morgan fingerprint density at radius 3 is 2.83 bits per heavy atom. The number of rotatable bonds is 4. The Morgan fingerprint density at radius 2 is 2.17 bits per heavy atom. The van der Waals surface area contributed by atoms with Gasteiger partial charge in [-0.2, -0.15) is 0 Å². The van der Waals surface area contributed by atoms with E-state index in [1.165, 1.54) is 5.56 Å². The maximum atomic E-state index is 9.77. The summed E-state index contributed by atoms with van der Waals surface area (Å²) >= 11 is 0. The van der Waals surface area contributed by atoms with E-state index in [0.717, 1.165) is 31.9 Å². The topological polar surface area (TPSA) is 75.7 Å². The number of benzene rings is 1. The van der Waals surface area contributed by atoms with Crippen molar-refractivity contribution in [3.8, 4) is 11.5 Å². The zero-order valence-corrected chi connectivity index (χ0v) is 10.7. The molecule has 0 aliphatic heterocycles. The van der Waals surface area contributed by atoms with E-state index in [2.05, 4.69) is 6.58 Å². The van der Waals surface area contributed by atoms with Gasteiger partial charge in [0.25, 0.3) is 0 Å². The highest BCUT2D eigenvalue weighted by molar-refractivity contribution is 5.52. The number of aromatic hydroxyl groups is 1.